The molecule has 3 rings (SSSR count). The zero-order valence-electron chi connectivity index (χ0n) is 14.4. The van der Waals surface area contributed by atoms with Crippen molar-refractivity contribution >= 4 is 28.2 Å². The number of nitrogens with zero attached hydrogens (tertiary/aromatic N) is 1. The maximum Gasteiger partial charge on any atom is 0.336 e. The van der Waals surface area contributed by atoms with E-state index in [0.717, 1.165) is 16.5 Å². The van der Waals surface area contributed by atoms with Gasteiger partial charge in [-0.1, -0.05) is 0 Å². The molecule has 1 amide bonds. The Morgan fingerprint density at radius 3 is 2.80 bits per heavy atom. The Morgan fingerprint density at radius 2 is 2.08 bits per heavy atom. The summed E-state index contributed by atoms with van der Waals surface area (Å²) in [5.74, 6) is 0.426. The summed E-state index contributed by atoms with van der Waals surface area (Å²) in [6.07, 6.45) is 0. The number of ether oxygens (including phenoxy) is 1. The molecule has 5 nitrogen and oxygen atoms in total. The standard InChI is InChI=1S/C19H19NO4S/c1-12-8-18(22)24-19-13(2)16(5-4-15(12)19)23-10-17(21)20(3)9-14-6-7-25-11-14/h4-8,11H,9-10H2,1-3H3. The Morgan fingerprint density at radius 1 is 1.28 bits per heavy atom. The summed E-state index contributed by atoms with van der Waals surface area (Å²) in [7, 11) is 1.75. The van der Waals surface area contributed by atoms with E-state index in [0.29, 0.717) is 23.4 Å². The molecule has 2 aromatic heterocycles. The fourth-order valence-corrected chi connectivity index (χ4v) is 3.31. The van der Waals surface area contributed by atoms with Gasteiger partial charge in [-0.05, 0) is 53.9 Å². The van der Waals surface area contributed by atoms with E-state index in [1.54, 1.807) is 29.4 Å². The van der Waals surface area contributed by atoms with Crippen molar-refractivity contribution in [3.63, 3.8) is 0 Å². The summed E-state index contributed by atoms with van der Waals surface area (Å²) >= 11 is 1.60. The first-order chi connectivity index (χ1) is 12.0. The number of carbonyl (C=O) groups excluding carboxylic acids is 1. The maximum atomic E-state index is 12.3. The van der Waals surface area contributed by atoms with Gasteiger partial charge in [0.15, 0.2) is 6.61 Å². The molecule has 130 valence electrons. The summed E-state index contributed by atoms with van der Waals surface area (Å²) in [6, 6.07) is 7.10. The lowest BCUT2D eigenvalue weighted by molar-refractivity contribution is -0.132. The van der Waals surface area contributed by atoms with Gasteiger partial charge in [-0.15, -0.1) is 0 Å². The third-order valence-corrected chi connectivity index (χ3v) is 4.83. The van der Waals surface area contributed by atoms with Crippen molar-refractivity contribution in [2.45, 2.75) is 20.4 Å². The highest BCUT2D eigenvalue weighted by Gasteiger charge is 2.14. The van der Waals surface area contributed by atoms with Crippen LogP contribution in [-0.2, 0) is 11.3 Å². The van der Waals surface area contributed by atoms with Crippen molar-refractivity contribution in [1.29, 1.82) is 0 Å². The van der Waals surface area contributed by atoms with E-state index >= 15 is 0 Å². The van der Waals surface area contributed by atoms with E-state index in [9.17, 15) is 9.59 Å². The maximum absolute atomic E-state index is 12.3. The Balaban J connectivity index is 1.73. The number of thiophene rings is 1. The molecule has 0 radical (unpaired) electrons. The molecule has 0 aliphatic carbocycles. The first-order valence-electron chi connectivity index (χ1n) is 7.87. The highest BCUT2D eigenvalue weighted by molar-refractivity contribution is 7.07. The molecular formula is C19H19NO4S. The minimum Gasteiger partial charge on any atom is -0.483 e. The van der Waals surface area contributed by atoms with Crippen LogP contribution in [0.2, 0.25) is 0 Å². The molecule has 6 heteroatoms. The van der Waals surface area contributed by atoms with Gasteiger partial charge < -0.3 is 14.1 Å². The highest BCUT2D eigenvalue weighted by Crippen LogP contribution is 2.28. The summed E-state index contributed by atoms with van der Waals surface area (Å²) in [5.41, 5.74) is 2.78. The lowest BCUT2D eigenvalue weighted by Crippen LogP contribution is -2.30. The van der Waals surface area contributed by atoms with Crippen LogP contribution >= 0.6 is 11.3 Å². The van der Waals surface area contributed by atoms with Gasteiger partial charge in [-0.3, -0.25) is 4.79 Å². The monoisotopic (exact) mass is 357 g/mol. The minimum absolute atomic E-state index is 0.0664. The molecule has 0 N–H and O–H groups in total. The van der Waals surface area contributed by atoms with E-state index in [-0.39, 0.29) is 12.5 Å². The zero-order chi connectivity index (χ0) is 18.0. The summed E-state index contributed by atoms with van der Waals surface area (Å²) in [4.78, 5) is 25.5. The number of aryl methyl sites for hydroxylation is 2. The van der Waals surface area contributed by atoms with Crippen LogP contribution in [0.5, 0.6) is 5.75 Å². The molecule has 0 fully saturated rings. The second-order valence-corrected chi connectivity index (χ2v) is 6.76. The van der Waals surface area contributed by atoms with Crippen LogP contribution in [0.25, 0.3) is 11.0 Å². The fraction of sp³-hybridized carbons (Fsp3) is 0.263. The SMILES string of the molecule is Cc1cc(=O)oc2c(C)c(OCC(=O)N(C)Cc3ccsc3)ccc12. The van der Waals surface area contributed by atoms with Crippen LogP contribution in [0, 0.1) is 13.8 Å². The molecule has 0 saturated carbocycles. The molecule has 25 heavy (non-hydrogen) atoms. The van der Waals surface area contributed by atoms with Gasteiger partial charge in [0.1, 0.15) is 11.3 Å². The number of carbonyl (C=O) groups is 1. The molecule has 0 aliphatic heterocycles. The zero-order valence-corrected chi connectivity index (χ0v) is 15.2. The lowest BCUT2D eigenvalue weighted by atomic mass is 10.1. The van der Waals surface area contributed by atoms with E-state index in [4.69, 9.17) is 9.15 Å². The molecule has 0 unspecified atom stereocenters. The van der Waals surface area contributed by atoms with Crippen molar-refractivity contribution in [2.24, 2.45) is 0 Å². The minimum atomic E-state index is -0.392. The van der Waals surface area contributed by atoms with Crippen molar-refractivity contribution in [3.8, 4) is 5.75 Å². The summed E-state index contributed by atoms with van der Waals surface area (Å²) in [6.45, 7) is 4.17. The van der Waals surface area contributed by atoms with Crippen LogP contribution in [0.4, 0.5) is 0 Å². The van der Waals surface area contributed by atoms with E-state index in [1.165, 1.54) is 6.07 Å². The predicted molar refractivity (Wildman–Crippen MR) is 98.2 cm³/mol. The van der Waals surface area contributed by atoms with Crippen LogP contribution in [0.1, 0.15) is 16.7 Å². The van der Waals surface area contributed by atoms with Gasteiger partial charge in [-0.2, -0.15) is 11.3 Å². The van der Waals surface area contributed by atoms with Gasteiger partial charge >= 0.3 is 5.63 Å². The van der Waals surface area contributed by atoms with Gasteiger partial charge in [-0.25, -0.2) is 4.79 Å². The average Bonchev–Trinajstić information content (AvgIpc) is 3.07. The molecule has 0 bridgehead atoms. The van der Waals surface area contributed by atoms with Crippen molar-refractivity contribution < 1.29 is 13.9 Å². The van der Waals surface area contributed by atoms with E-state index < -0.39 is 5.63 Å². The van der Waals surface area contributed by atoms with E-state index in [1.807, 2.05) is 36.7 Å². The molecule has 0 saturated heterocycles. The van der Waals surface area contributed by atoms with Crippen LogP contribution in [0.3, 0.4) is 0 Å². The van der Waals surface area contributed by atoms with Gasteiger partial charge in [0.05, 0.1) is 0 Å². The summed E-state index contributed by atoms with van der Waals surface area (Å²) in [5, 5.41) is 4.87. The van der Waals surface area contributed by atoms with Gasteiger partial charge in [0.2, 0.25) is 0 Å². The highest BCUT2D eigenvalue weighted by atomic mass is 32.1. The second kappa shape index (κ2) is 7.11. The number of amides is 1. The Hall–Kier alpha value is -2.60. The number of likely N-dealkylation sites (N-methyl/N-ethyl adjacent to an activating group) is 1. The van der Waals surface area contributed by atoms with Crippen LogP contribution < -0.4 is 10.4 Å². The first-order valence-corrected chi connectivity index (χ1v) is 8.82. The molecule has 3 aromatic rings. The second-order valence-electron chi connectivity index (χ2n) is 5.98. The van der Waals surface area contributed by atoms with Crippen LogP contribution in [-0.4, -0.2) is 24.5 Å². The Kier molecular flexibility index (Phi) is 4.90. The van der Waals surface area contributed by atoms with Gasteiger partial charge in [0.25, 0.3) is 5.91 Å². The summed E-state index contributed by atoms with van der Waals surface area (Å²) < 4.78 is 11.0. The molecule has 0 aliphatic rings. The molecule has 0 spiro atoms. The number of benzene rings is 1. The largest absolute Gasteiger partial charge is 0.483 e. The predicted octanol–water partition coefficient (Wildman–Crippen LogP) is 3.51. The first kappa shape index (κ1) is 17.2. The number of fused-ring (bicyclic) bond motifs is 1. The quantitative estimate of drug-likeness (QED) is 0.656. The normalized spacial score (nSPS) is 10.8. The third kappa shape index (κ3) is 3.74. The fourth-order valence-electron chi connectivity index (χ4n) is 2.65. The number of rotatable bonds is 5. The number of hydrogen-bond acceptors (Lipinski definition) is 5. The smallest absolute Gasteiger partial charge is 0.336 e. The van der Waals surface area contributed by atoms with Crippen molar-refractivity contribution in [2.75, 3.05) is 13.7 Å². The van der Waals surface area contributed by atoms with E-state index in [2.05, 4.69) is 0 Å². The van der Waals surface area contributed by atoms with Crippen LogP contribution in [0.15, 0.2) is 44.2 Å². The molecule has 0 atom stereocenters. The van der Waals surface area contributed by atoms with Crippen molar-refractivity contribution in [1.82, 2.24) is 4.90 Å². The molecular weight excluding hydrogens is 338 g/mol. The number of hydrogen-bond donors (Lipinski definition) is 0. The Labute approximate surface area is 149 Å². The van der Waals surface area contributed by atoms with Gasteiger partial charge in [0, 0.05) is 30.6 Å². The third-order valence-electron chi connectivity index (χ3n) is 4.09. The average molecular weight is 357 g/mol. The molecule has 2 heterocycles. The molecule has 1 aromatic carbocycles. The lowest BCUT2D eigenvalue weighted by Gasteiger charge is -2.17. The topological polar surface area (TPSA) is 59.8 Å². The Bertz CT molecular complexity index is 959. The van der Waals surface area contributed by atoms with Crippen molar-refractivity contribution in [3.05, 3.63) is 62.1 Å².